The van der Waals surface area contributed by atoms with Gasteiger partial charge in [0, 0.05) is 0 Å². The summed E-state index contributed by atoms with van der Waals surface area (Å²) in [6.45, 7) is 2.36. The van der Waals surface area contributed by atoms with Gasteiger partial charge in [-0.2, -0.15) is 0 Å². The average molecular weight is 309 g/mol. The van der Waals surface area contributed by atoms with Gasteiger partial charge in [-0.25, -0.2) is 0 Å². The van der Waals surface area contributed by atoms with E-state index in [0.717, 1.165) is 17.8 Å². The Kier molecular flexibility index (Phi) is 4.60. The summed E-state index contributed by atoms with van der Waals surface area (Å²) in [4.78, 5) is 0. The van der Waals surface area contributed by atoms with E-state index in [0.29, 0.717) is 0 Å². The van der Waals surface area contributed by atoms with Crippen LogP contribution in [-0.2, 0) is 0 Å². The van der Waals surface area contributed by atoms with E-state index in [4.69, 9.17) is 0 Å². The second kappa shape index (κ2) is 6.83. The molecule has 0 heteroatoms. The Labute approximate surface area is 142 Å². The molecule has 1 aromatic carbocycles. The second-order valence-corrected chi connectivity index (χ2v) is 8.25. The van der Waals surface area contributed by atoms with Crippen LogP contribution in [0.15, 0.2) is 29.8 Å². The van der Waals surface area contributed by atoms with Gasteiger partial charge in [-0.15, -0.1) is 0 Å². The van der Waals surface area contributed by atoms with Gasteiger partial charge >= 0.3 is 0 Å². The number of hydrogen-bond acceptors (Lipinski definition) is 0. The average Bonchev–Trinajstić information content (AvgIpc) is 2.51. The highest BCUT2D eigenvalue weighted by Gasteiger charge is 2.28. The van der Waals surface area contributed by atoms with Crippen LogP contribution in [0.5, 0.6) is 0 Å². The molecular formula is C23H32. The first-order chi connectivity index (χ1) is 11.3. The van der Waals surface area contributed by atoms with Gasteiger partial charge < -0.3 is 0 Å². The lowest BCUT2D eigenvalue weighted by atomic mass is 9.71. The zero-order chi connectivity index (χ0) is 15.6. The van der Waals surface area contributed by atoms with Gasteiger partial charge in [0.15, 0.2) is 0 Å². The molecule has 1 aromatic rings. The lowest BCUT2D eigenvalue weighted by Gasteiger charge is -2.34. The second-order valence-electron chi connectivity index (χ2n) is 8.25. The molecule has 0 nitrogen and oxygen atoms in total. The molecule has 0 heterocycles. The molecular weight excluding hydrogens is 276 g/mol. The van der Waals surface area contributed by atoms with Gasteiger partial charge in [0.1, 0.15) is 0 Å². The SMILES string of the molecule is CCC1CCC(c2ccc(C(=C3CCC3)C3CCC3)cc2)CC1. The topological polar surface area (TPSA) is 0 Å². The summed E-state index contributed by atoms with van der Waals surface area (Å²) in [7, 11) is 0. The first kappa shape index (κ1) is 15.5. The third kappa shape index (κ3) is 3.14. The zero-order valence-electron chi connectivity index (χ0n) is 14.8. The summed E-state index contributed by atoms with van der Waals surface area (Å²) >= 11 is 0. The van der Waals surface area contributed by atoms with Crippen molar-refractivity contribution in [3.05, 3.63) is 41.0 Å². The molecule has 3 fully saturated rings. The standard InChI is InChI=1S/C23H32/c1-2-17-9-11-18(12-10-17)19-13-15-22(16-14-19)23(20-5-3-6-20)21-7-4-8-21/h13-18,20H,2-12H2,1H3. The van der Waals surface area contributed by atoms with Crippen LogP contribution in [0.1, 0.15) is 94.6 Å². The van der Waals surface area contributed by atoms with Crippen molar-refractivity contribution in [3.63, 3.8) is 0 Å². The quantitative estimate of drug-likeness (QED) is 0.556. The molecule has 124 valence electrons. The molecule has 3 aliphatic rings. The highest BCUT2D eigenvalue weighted by atomic mass is 14.3. The van der Waals surface area contributed by atoms with E-state index in [1.165, 1.54) is 70.6 Å². The van der Waals surface area contributed by atoms with Crippen molar-refractivity contribution in [2.24, 2.45) is 11.8 Å². The fourth-order valence-electron chi connectivity index (χ4n) is 4.89. The van der Waals surface area contributed by atoms with Gasteiger partial charge in [0.05, 0.1) is 0 Å². The molecule has 23 heavy (non-hydrogen) atoms. The van der Waals surface area contributed by atoms with Gasteiger partial charge in [-0.05, 0) is 92.2 Å². The van der Waals surface area contributed by atoms with Gasteiger partial charge in [-0.3, -0.25) is 0 Å². The van der Waals surface area contributed by atoms with Crippen LogP contribution in [0.25, 0.3) is 5.57 Å². The summed E-state index contributed by atoms with van der Waals surface area (Å²) in [5, 5.41) is 0. The number of hydrogen-bond donors (Lipinski definition) is 0. The molecule has 3 saturated carbocycles. The first-order valence-corrected chi connectivity index (χ1v) is 10.2. The van der Waals surface area contributed by atoms with Crippen molar-refractivity contribution < 1.29 is 0 Å². The molecule has 0 N–H and O–H groups in total. The molecule has 4 rings (SSSR count). The van der Waals surface area contributed by atoms with Crippen molar-refractivity contribution in [2.45, 2.75) is 83.5 Å². The number of allylic oxidation sites excluding steroid dienone is 2. The van der Waals surface area contributed by atoms with E-state index in [2.05, 4.69) is 31.2 Å². The summed E-state index contributed by atoms with van der Waals surface area (Å²) in [6.07, 6.45) is 15.6. The minimum atomic E-state index is 0.829. The summed E-state index contributed by atoms with van der Waals surface area (Å²) < 4.78 is 0. The third-order valence-corrected chi connectivity index (χ3v) is 6.97. The highest BCUT2D eigenvalue weighted by Crippen LogP contribution is 2.45. The fourth-order valence-corrected chi connectivity index (χ4v) is 4.89. The Morgan fingerprint density at radius 3 is 2.04 bits per heavy atom. The molecule has 0 aliphatic heterocycles. The monoisotopic (exact) mass is 308 g/mol. The molecule has 0 unspecified atom stereocenters. The van der Waals surface area contributed by atoms with Gasteiger partial charge in [0.2, 0.25) is 0 Å². The first-order valence-electron chi connectivity index (χ1n) is 10.2. The van der Waals surface area contributed by atoms with Crippen LogP contribution in [0.3, 0.4) is 0 Å². The Morgan fingerprint density at radius 1 is 0.870 bits per heavy atom. The summed E-state index contributed by atoms with van der Waals surface area (Å²) in [5.41, 5.74) is 6.69. The molecule has 0 bridgehead atoms. The normalized spacial score (nSPS) is 28.1. The lowest BCUT2D eigenvalue weighted by molar-refractivity contribution is 0.319. The van der Waals surface area contributed by atoms with Crippen LogP contribution in [-0.4, -0.2) is 0 Å². The minimum Gasteiger partial charge on any atom is -0.0661 e. The number of rotatable bonds is 4. The highest BCUT2D eigenvalue weighted by molar-refractivity contribution is 5.72. The minimum absolute atomic E-state index is 0.829. The van der Waals surface area contributed by atoms with Gasteiger partial charge in [0.25, 0.3) is 0 Å². The van der Waals surface area contributed by atoms with E-state index in [-0.39, 0.29) is 0 Å². The van der Waals surface area contributed by atoms with Crippen LogP contribution in [0.2, 0.25) is 0 Å². The van der Waals surface area contributed by atoms with Crippen LogP contribution < -0.4 is 0 Å². The van der Waals surface area contributed by atoms with Crippen molar-refractivity contribution >= 4 is 5.57 Å². The van der Waals surface area contributed by atoms with Crippen LogP contribution >= 0.6 is 0 Å². The van der Waals surface area contributed by atoms with E-state index in [9.17, 15) is 0 Å². The smallest absolute Gasteiger partial charge is 0.0156 e. The van der Waals surface area contributed by atoms with Crippen molar-refractivity contribution in [3.8, 4) is 0 Å². The van der Waals surface area contributed by atoms with Gasteiger partial charge in [-0.1, -0.05) is 49.6 Å². The summed E-state index contributed by atoms with van der Waals surface area (Å²) in [6, 6.07) is 9.84. The molecule has 0 saturated heterocycles. The fraction of sp³-hybridized carbons (Fsp3) is 0.652. The van der Waals surface area contributed by atoms with Crippen LogP contribution in [0, 0.1) is 11.8 Å². The Morgan fingerprint density at radius 2 is 1.57 bits per heavy atom. The molecule has 0 spiro atoms. The Hall–Kier alpha value is -1.04. The van der Waals surface area contributed by atoms with E-state index in [1.54, 1.807) is 22.3 Å². The van der Waals surface area contributed by atoms with Crippen molar-refractivity contribution in [1.82, 2.24) is 0 Å². The maximum absolute atomic E-state index is 2.46. The predicted molar refractivity (Wildman–Crippen MR) is 99.5 cm³/mol. The molecule has 0 amide bonds. The third-order valence-electron chi connectivity index (χ3n) is 6.97. The largest absolute Gasteiger partial charge is 0.0661 e. The van der Waals surface area contributed by atoms with Crippen molar-refractivity contribution in [1.29, 1.82) is 0 Å². The molecule has 0 aromatic heterocycles. The van der Waals surface area contributed by atoms with Crippen LogP contribution in [0.4, 0.5) is 0 Å². The Bertz CT molecular complexity index is 544. The Balaban J connectivity index is 1.49. The predicted octanol–water partition coefficient (Wildman–Crippen LogP) is 7.11. The lowest BCUT2D eigenvalue weighted by Crippen LogP contribution is -2.17. The zero-order valence-corrected chi connectivity index (χ0v) is 14.8. The van der Waals surface area contributed by atoms with Crippen molar-refractivity contribution in [2.75, 3.05) is 0 Å². The molecule has 0 radical (unpaired) electrons. The maximum Gasteiger partial charge on any atom is -0.0156 e. The molecule has 0 atom stereocenters. The molecule has 3 aliphatic carbocycles. The van der Waals surface area contributed by atoms with E-state index >= 15 is 0 Å². The maximum atomic E-state index is 2.46. The summed E-state index contributed by atoms with van der Waals surface area (Å²) in [5.74, 6) is 2.71. The van der Waals surface area contributed by atoms with E-state index in [1.807, 2.05) is 0 Å². The van der Waals surface area contributed by atoms with E-state index < -0.39 is 0 Å². The number of benzene rings is 1.